The topological polar surface area (TPSA) is 30.5 Å². The highest BCUT2D eigenvalue weighted by Crippen LogP contribution is 2.29. The summed E-state index contributed by atoms with van der Waals surface area (Å²) in [6.07, 6.45) is 0. The van der Waals surface area contributed by atoms with Crippen LogP contribution in [-0.2, 0) is 13.2 Å². The fourth-order valence-electron chi connectivity index (χ4n) is 3.62. The molecule has 0 radical (unpaired) electrons. The maximum atomic E-state index is 5.99. The molecule has 0 saturated carbocycles. The monoisotopic (exact) mass is 445 g/mol. The number of ether oxygens (including phenoxy) is 2. The minimum atomic E-state index is 0. The lowest BCUT2D eigenvalue weighted by Crippen LogP contribution is -2.22. The molecule has 0 aliphatic carbocycles. The molecule has 32 heavy (non-hydrogen) atoms. The van der Waals surface area contributed by atoms with Gasteiger partial charge >= 0.3 is 0 Å². The first-order chi connectivity index (χ1) is 15.3. The average Bonchev–Trinajstić information content (AvgIpc) is 2.85. The van der Waals surface area contributed by atoms with Crippen LogP contribution in [-0.4, -0.2) is 7.11 Å². The molecule has 0 fully saturated rings. The second kappa shape index (κ2) is 11.9. The van der Waals surface area contributed by atoms with E-state index in [4.69, 9.17) is 9.47 Å². The Kier molecular flexibility index (Phi) is 8.73. The minimum absolute atomic E-state index is 0. The van der Waals surface area contributed by atoms with E-state index in [-0.39, 0.29) is 18.4 Å². The van der Waals surface area contributed by atoms with E-state index in [1.54, 1.807) is 7.11 Å². The molecule has 0 aliphatic heterocycles. The van der Waals surface area contributed by atoms with Gasteiger partial charge in [-0.15, -0.1) is 12.4 Å². The molecule has 0 saturated heterocycles. The lowest BCUT2D eigenvalue weighted by Gasteiger charge is -2.20. The van der Waals surface area contributed by atoms with Crippen LogP contribution >= 0.6 is 12.4 Å². The fourth-order valence-corrected chi connectivity index (χ4v) is 3.62. The van der Waals surface area contributed by atoms with Gasteiger partial charge in [-0.05, 0) is 34.4 Å². The summed E-state index contributed by atoms with van der Waals surface area (Å²) >= 11 is 0. The average molecular weight is 446 g/mol. The summed E-state index contributed by atoms with van der Waals surface area (Å²) in [5.41, 5.74) is 4.75. The zero-order chi connectivity index (χ0) is 21.3. The van der Waals surface area contributed by atoms with E-state index in [0.717, 1.165) is 22.6 Å². The van der Waals surface area contributed by atoms with E-state index >= 15 is 0 Å². The van der Waals surface area contributed by atoms with Crippen molar-refractivity contribution in [3.05, 3.63) is 131 Å². The molecule has 0 heterocycles. The smallest absolute Gasteiger partial charge is 0.161 e. The molecule has 164 valence electrons. The highest BCUT2D eigenvalue weighted by atomic mass is 35.5. The van der Waals surface area contributed by atoms with Crippen molar-refractivity contribution in [3.63, 3.8) is 0 Å². The summed E-state index contributed by atoms with van der Waals surface area (Å²) in [7, 11) is 1.68. The van der Waals surface area contributed by atoms with Crippen molar-refractivity contribution in [2.45, 2.75) is 19.2 Å². The number of benzene rings is 4. The Bertz CT molecular complexity index is 1030. The zero-order valence-electron chi connectivity index (χ0n) is 18.1. The Hall–Kier alpha value is -3.27. The number of hydrogen-bond donors (Lipinski definition) is 1. The summed E-state index contributed by atoms with van der Waals surface area (Å²) in [6.45, 7) is 1.22. The van der Waals surface area contributed by atoms with Gasteiger partial charge in [0.15, 0.2) is 11.5 Å². The lowest BCUT2D eigenvalue weighted by molar-refractivity contribution is 0.284. The van der Waals surface area contributed by atoms with Crippen molar-refractivity contribution in [3.8, 4) is 11.5 Å². The van der Waals surface area contributed by atoms with Crippen molar-refractivity contribution in [2.24, 2.45) is 0 Å². The number of halogens is 1. The second-order valence-electron chi connectivity index (χ2n) is 7.39. The first-order valence-corrected chi connectivity index (χ1v) is 10.5. The zero-order valence-corrected chi connectivity index (χ0v) is 18.9. The highest BCUT2D eigenvalue weighted by Gasteiger charge is 2.14. The van der Waals surface area contributed by atoms with Crippen molar-refractivity contribution < 1.29 is 9.47 Å². The molecule has 0 aliphatic rings. The van der Waals surface area contributed by atoms with E-state index in [9.17, 15) is 0 Å². The Morgan fingerprint density at radius 3 is 1.78 bits per heavy atom. The minimum Gasteiger partial charge on any atom is -0.493 e. The molecule has 1 N–H and O–H groups in total. The predicted molar refractivity (Wildman–Crippen MR) is 133 cm³/mol. The molecule has 0 atom stereocenters. The van der Waals surface area contributed by atoms with Crippen LogP contribution in [0.1, 0.15) is 28.3 Å². The van der Waals surface area contributed by atoms with Crippen molar-refractivity contribution >= 4 is 12.4 Å². The molecule has 0 amide bonds. The molecule has 0 bridgehead atoms. The quantitative estimate of drug-likeness (QED) is 0.316. The molecule has 0 spiro atoms. The maximum Gasteiger partial charge on any atom is 0.161 e. The predicted octanol–water partition coefficient (Wildman–Crippen LogP) is 6.58. The van der Waals surface area contributed by atoms with Crippen LogP contribution in [0.15, 0.2) is 109 Å². The third kappa shape index (κ3) is 6.13. The van der Waals surface area contributed by atoms with Crippen molar-refractivity contribution in [1.29, 1.82) is 0 Å². The van der Waals surface area contributed by atoms with Crippen LogP contribution in [0.2, 0.25) is 0 Å². The van der Waals surface area contributed by atoms with Crippen LogP contribution in [0, 0.1) is 0 Å². The number of rotatable bonds is 9. The van der Waals surface area contributed by atoms with E-state index in [1.807, 2.05) is 42.5 Å². The molecule has 3 nitrogen and oxygen atoms in total. The number of methoxy groups -OCH3 is 1. The van der Waals surface area contributed by atoms with Crippen LogP contribution < -0.4 is 14.8 Å². The van der Waals surface area contributed by atoms with E-state index in [0.29, 0.717) is 13.2 Å². The molecule has 4 aromatic carbocycles. The number of hydrogen-bond acceptors (Lipinski definition) is 3. The summed E-state index contributed by atoms with van der Waals surface area (Å²) in [5.74, 6) is 1.49. The SMILES string of the molecule is COc1cc(CNC(c2ccccc2)c2ccccc2)ccc1OCc1ccccc1.Cl. The first kappa shape index (κ1) is 23.4. The summed E-state index contributed by atoms with van der Waals surface area (Å²) in [5, 5.41) is 3.70. The molecule has 0 unspecified atom stereocenters. The van der Waals surface area contributed by atoms with Crippen LogP contribution in [0.4, 0.5) is 0 Å². The van der Waals surface area contributed by atoms with Gasteiger partial charge in [0.25, 0.3) is 0 Å². The van der Waals surface area contributed by atoms with Gasteiger partial charge in [-0.25, -0.2) is 0 Å². The largest absolute Gasteiger partial charge is 0.493 e. The van der Waals surface area contributed by atoms with Crippen molar-refractivity contribution in [1.82, 2.24) is 5.32 Å². The Morgan fingerprint density at radius 1 is 0.656 bits per heavy atom. The lowest BCUT2D eigenvalue weighted by atomic mass is 9.98. The van der Waals surface area contributed by atoms with E-state index in [1.165, 1.54) is 11.1 Å². The summed E-state index contributed by atoms with van der Waals surface area (Å²) in [6, 6.07) is 37.4. The molecule has 4 aromatic rings. The van der Waals surface area contributed by atoms with Gasteiger partial charge in [-0.2, -0.15) is 0 Å². The van der Waals surface area contributed by atoms with Gasteiger partial charge in [0.05, 0.1) is 13.2 Å². The molecule has 0 aromatic heterocycles. The van der Waals surface area contributed by atoms with Gasteiger partial charge in [0.1, 0.15) is 6.61 Å². The van der Waals surface area contributed by atoms with Gasteiger partial charge in [-0.3, -0.25) is 0 Å². The highest BCUT2D eigenvalue weighted by molar-refractivity contribution is 5.85. The first-order valence-electron chi connectivity index (χ1n) is 10.5. The van der Waals surface area contributed by atoms with Crippen LogP contribution in [0.3, 0.4) is 0 Å². The molecule has 4 rings (SSSR count). The maximum absolute atomic E-state index is 5.99. The van der Waals surface area contributed by atoms with E-state index < -0.39 is 0 Å². The van der Waals surface area contributed by atoms with Crippen molar-refractivity contribution in [2.75, 3.05) is 7.11 Å². The third-order valence-electron chi connectivity index (χ3n) is 5.24. The van der Waals surface area contributed by atoms with Gasteiger partial charge < -0.3 is 14.8 Å². The van der Waals surface area contributed by atoms with Gasteiger partial charge in [-0.1, -0.05) is 97.1 Å². The third-order valence-corrected chi connectivity index (χ3v) is 5.24. The molecular formula is C28H28ClNO2. The van der Waals surface area contributed by atoms with Gasteiger partial charge in [0, 0.05) is 6.54 Å². The second-order valence-corrected chi connectivity index (χ2v) is 7.39. The Morgan fingerprint density at radius 2 is 1.22 bits per heavy atom. The van der Waals surface area contributed by atoms with E-state index in [2.05, 4.69) is 72.0 Å². The molecule has 4 heteroatoms. The van der Waals surface area contributed by atoms with Crippen LogP contribution in [0.25, 0.3) is 0 Å². The van der Waals surface area contributed by atoms with Crippen LogP contribution in [0.5, 0.6) is 11.5 Å². The molecular weight excluding hydrogens is 418 g/mol. The van der Waals surface area contributed by atoms with Gasteiger partial charge in [0.2, 0.25) is 0 Å². The number of nitrogens with one attached hydrogen (secondary N) is 1. The Balaban J connectivity index is 0.00000289. The normalized spacial score (nSPS) is 10.4. The Labute approximate surface area is 196 Å². The summed E-state index contributed by atoms with van der Waals surface area (Å²) < 4.78 is 11.6. The fraction of sp³-hybridized carbons (Fsp3) is 0.143. The summed E-state index contributed by atoms with van der Waals surface area (Å²) in [4.78, 5) is 0. The standard InChI is InChI=1S/C28H27NO2.ClH/c1-30-27-19-23(17-18-26(27)31-21-22-11-5-2-6-12-22)20-29-28(24-13-7-3-8-14-24)25-15-9-4-10-16-25;/h2-19,28-29H,20-21H2,1H3;1H.